The van der Waals surface area contributed by atoms with Gasteiger partial charge in [0.15, 0.2) is 5.13 Å². The van der Waals surface area contributed by atoms with Crippen LogP contribution in [0.3, 0.4) is 0 Å². The van der Waals surface area contributed by atoms with Crippen molar-refractivity contribution in [3.05, 3.63) is 100 Å². The zero-order valence-corrected chi connectivity index (χ0v) is 21.2. The van der Waals surface area contributed by atoms with Crippen LogP contribution in [0.1, 0.15) is 39.4 Å². The van der Waals surface area contributed by atoms with E-state index in [1.165, 1.54) is 34.6 Å². The summed E-state index contributed by atoms with van der Waals surface area (Å²) >= 11 is 1.28. The van der Waals surface area contributed by atoms with Gasteiger partial charge < -0.3 is 20.0 Å². The fraction of sp³-hybridized carbons (Fsp3) is 0.222. The summed E-state index contributed by atoms with van der Waals surface area (Å²) in [6.07, 6.45) is -3.02. The van der Waals surface area contributed by atoms with Crippen LogP contribution < -0.4 is 10.6 Å². The highest BCUT2D eigenvalue weighted by Gasteiger charge is 2.30. The second-order valence-electron chi connectivity index (χ2n) is 8.56. The zero-order valence-electron chi connectivity index (χ0n) is 20.4. The molecule has 0 aliphatic heterocycles. The lowest BCUT2D eigenvalue weighted by Crippen LogP contribution is -2.35. The van der Waals surface area contributed by atoms with E-state index in [2.05, 4.69) is 15.6 Å². The number of nitrogens with zero attached hydrogens (tertiary/aromatic N) is 2. The minimum absolute atomic E-state index is 0.0516. The van der Waals surface area contributed by atoms with Crippen molar-refractivity contribution in [1.29, 1.82) is 0 Å². The third-order valence-electron chi connectivity index (χ3n) is 5.56. The van der Waals surface area contributed by atoms with Crippen molar-refractivity contribution >= 4 is 34.0 Å². The minimum Gasteiger partial charge on any atom is -0.467 e. The molecule has 2 amide bonds. The Balaban J connectivity index is 1.38. The van der Waals surface area contributed by atoms with Crippen LogP contribution in [0, 0.1) is 6.92 Å². The summed E-state index contributed by atoms with van der Waals surface area (Å²) in [5.74, 6) is -0.239. The Bertz CT molecular complexity index is 1390. The molecule has 2 N–H and O–H groups in total. The lowest BCUT2D eigenvalue weighted by atomic mass is 10.1. The Labute approximate surface area is 221 Å². The highest BCUT2D eigenvalue weighted by Crippen LogP contribution is 2.29. The topological polar surface area (TPSA) is 87.5 Å². The second-order valence-corrected chi connectivity index (χ2v) is 9.42. The maximum absolute atomic E-state index is 13.3. The smallest absolute Gasteiger partial charge is 0.416 e. The van der Waals surface area contributed by atoms with Gasteiger partial charge in [-0.25, -0.2) is 4.98 Å². The normalized spacial score (nSPS) is 11.3. The number of furan rings is 1. The number of nitrogens with one attached hydrogen (secondary N) is 2. The van der Waals surface area contributed by atoms with Gasteiger partial charge in [-0.1, -0.05) is 24.3 Å². The highest BCUT2D eigenvalue weighted by molar-refractivity contribution is 7.14. The Kier molecular flexibility index (Phi) is 8.47. The summed E-state index contributed by atoms with van der Waals surface area (Å²) in [5.41, 5.74) is 1.70. The van der Waals surface area contributed by atoms with E-state index in [0.29, 0.717) is 16.5 Å². The molecule has 0 unspecified atom stereocenters. The van der Waals surface area contributed by atoms with Gasteiger partial charge in [-0.3, -0.25) is 9.59 Å². The molecule has 0 spiro atoms. The van der Waals surface area contributed by atoms with Gasteiger partial charge in [-0.05, 0) is 54.4 Å². The van der Waals surface area contributed by atoms with Gasteiger partial charge in [-0.15, -0.1) is 11.3 Å². The number of alkyl halides is 3. The van der Waals surface area contributed by atoms with Crippen LogP contribution in [-0.4, -0.2) is 28.2 Å². The van der Waals surface area contributed by atoms with Gasteiger partial charge >= 0.3 is 6.18 Å². The number of rotatable bonds is 10. The van der Waals surface area contributed by atoms with Crippen LogP contribution >= 0.6 is 11.3 Å². The monoisotopic (exact) mass is 542 g/mol. The molecule has 2 aromatic carbocycles. The fourth-order valence-corrected chi connectivity index (χ4v) is 4.37. The van der Waals surface area contributed by atoms with E-state index in [0.717, 1.165) is 23.4 Å². The molecule has 0 aliphatic rings. The summed E-state index contributed by atoms with van der Waals surface area (Å²) < 4.78 is 44.2. The number of halogens is 3. The standard InChI is InChI=1S/C27H25F3N4O3S/c1-18-5-2-8-21(13-18)32-26-33-23(17-38-26)25(36)34(16-22-9-4-12-37-22)11-10-24(35)31-15-19-6-3-7-20(14-19)27(28,29)30/h2-9,12-14,17H,10-11,15-16H2,1H3,(H,31,35)(H,32,33). The molecule has 0 saturated carbocycles. The van der Waals surface area contributed by atoms with Crippen LogP contribution in [0.15, 0.2) is 76.7 Å². The second kappa shape index (κ2) is 12.0. The van der Waals surface area contributed by atoms with Crippen LogP contribution in [0.25, 0.3) is 0 Å². The Morgan fingerprint density at radius 2 is 1.89 bits per heavy atom. The summed E-state index contributed by atoms with van der Waals surface area (Å²) in [6, 6.07) is 16.0. The number of hydrogen-bond donors (Lipinski definition) is 2. The molecule has 0 fully saturated rings. The molecular formula is C27H25F3N4O3S. The molecule has 2 aromatic heterocycles. The number of thiazole rings is 1. The maximum atomic E-state index is 13.3. The number of carbonyl (C=O) groups excluding carboxylic acids is 2. The first-order valence-electron chi connectivity index (χ1n) is 11.7. The van der Waals surface area contributed by atoms with Crippen LogP contribution in [0.4, 0.5) is 24.0 Å². The molecule has 38 heavy (non-hydrogen) atoms. The number of anilines is 2. The number of hydrogen-bond acceptors (Lipinski definition) is 6. The summed E-state index contributed by atoms with van der Waals surface area (Å²) in [7, 11) is 0. The average Bonchev–Trinajstić information content (AvgIpc) is 3.57. The van der Waals surface area contributed by atoms with Gasteiger partial charge in [0.1, 0.15) is 11.5 Å². The van der Waals surface area contributed by atoms with Crippen LogP contribution in [0.5, 0.6) is 0 Å². The van der Waals surface area contributed by atoms with Gasteiger partial charge in [0, 0.05) is 30.6 Å². The maximum Gasteiger partial charge on any atom is 0.416 e. The van der Waals surface area contributed by atoms with Crippen molar-refractivity contribution in [2.75, 3.05) is 11.9 Å². The first kappa shape index (κ1) is 26.9. The van der Waals surface area contributed by atoms with E-state index < -0.39 is 17.6 Å². The van der Waals surface area contributed by atoms with E-state index in [1.54, 1.807) is 17.5 Å². The van der Waals surface area contributed by atoms with Crippen LogP contribution in [-0.2, 0) is 24.1 Å². The summed E-state index contributed by atoms with van der Waals surface area (Å²) in [5, 5.41) is 7.99. The molecule has 0 aliphatic carbocycles. The Morgan fingerprint density at radius 3 is 2.63 bits per heavy atom. The van der Waals surface area contributed by atoms with Crippen molar-refractivity contribution in [3.8, 4) is 0 Å². The molecule has 4 rings (SSSR count). The molecule has 0 bridgehead atoms. The largest absolute Gasteiger partial charge is 0.467 e. The molecular weight excluding hydrogens is 517 g/mol. The van der Waals surface area contributed by atoms with E-state index in [4.69, 9.17) is 4.42 Å². The van der Waals surface area contributed by atoms with E-state index in [9.17, 15) is 22.8 Å². The van der Waals surface area contributed by atoms with Crippen LogP contribution in [0.2, 0.25) is 0 Å². The van der Waals surface area contributed by atoms with E-state index in [1.807, 2.05) is 31.2 Å². The molecule has 11 heteroatoms. The zero-order chi connectivity index (χ0) is 27.1. The molecule has 198 valence electrons. The molecule has 4 aromatic rings. The van der Waals surface area contributed by atoms with E-state index >= 15 is 0 Å². The predicted molar refractivity (Wildman–Crippen MR) is 138 cm³/mol. The van der Waals surface area contributed by atoms with Gasteiger partial charge in [0.25, 0.3) is 5.91 Å². The lowest BCUT2D eigenvalue weighted by Gasteiger charge is -2.20. The molecule has 0 radical (unpaired) electrons. The SMILES string of the molecule is Cc1cccc(Nc2nc(C(=O)N(CCC(=O)NCc3cccc(C(F)(F)F)c3)Cc3ccco3)cs2)c1. The molecule has 0 saturated heterocycles. The quantitative estimate of drug-likeness (QED) is 0.251. The van der Waals surface area contributed by atoms with Gasteiger partial charge in [0.2, 0.25) is 5.91 Å². The van der Waals surface area contributed by atoms with Gasteiger partial charge in [0.05, 0.1) is 18.4 Å². The Morgan fingerprint density at radius 1 is 1.08 bits per heavy atom. The first-order valence-corrected chi connectivity index (χ1v) is 12.6. The fourth-order valence-electron chi connectivity index (χ4n) is 3.66. The van der Waals surface area contributed by atoms with Gasteiger partial charge in [-0.2, -0.15) is 13.2 Å². The lowest BCUT2D eigenvalue weighted by molar-refractivity contribution is -0.137. The van der Waals surface area contributed by atoms with Crippen molar-refractivity contribution in [2.24, 2.45) is 0 Å². The summed E-state index contributed by atoms with van der Waals surface area (Å²) in [4.78, 5) is 31.6. The predicted octanol–water partition coefficient (Wildman–Crippen LogP) is 6.16. The minimum atomic E-state index is -4.46. The van der Waals surface area contributed by atoms with Crippen molar-refractivity contribution in [2.45, 2.75) is 32.6 Å². The Hall–Kier alpha value is -4.12. The third-order valence-corrected chi connectivity index (χ3v) is 6.32. The first-order chi connectivity index (χ1) is 18.2. The highest BCUT2D eigenvalue weighted by atomic mass is 32.1. The molecule has 7 nitrogen and oxygen atoms in total. The number of benzene rings is 2. The van der Waals surface area contributed by atoms with E-state index in [-0.39, 0.29) is 37.7 Å². The van der Waals surface area contributed by atoms with Crippen molar-refractivity contribution in [3.63, 3.8) is 0 Å². The molecule has 2 heterocycles. The summed E-state index contributed by atoms with van der Waals surface area (Å²) in [6.45, 7) is 2.11. The average molecular weight is 543 g/mol. The van der Waals surface area contributed by atoms with Crippen molar-refractivity contribution in [1.82, 2.24) is 15.2 Å². The number of amides is 2. The third kappa shape index (κ3) is 7.45. The number of aromatic nitrogens is 1. The van der Waals surface area contributed by atoms with Crippen molar-refractivity contribution < 1.29 is 27.2 Å². The number of aryl methyl sites for hydroxylation is 1. The molecule has 0 atom stereocenters. The number of carbonyl (C=O) groups is 2.